The van der Waals surface area contributed by atoms with Gasteiger partial charge in [0.05, 0.1) is 10.6 Å². The van der Waals surface area contributed by atoms with E-state index in [1.54, 1.807) is 11.3 Å². The first-order chi connectivity index (χ1) is 10.2. The molecule has 1 saturated heterocycles. The molecule has 5 nitrogen and oxygen atoms in total. The van der Waals surface area contributed by atoms with Crippen LogP contribution in [0, 0.1) is 5.92 Å². The summed E-state index contributed by atoms with van der Waals surface area (Å²) in [6.45, 7) is 3.44. The van der Waals surface area contributed by atoms with Gasteiger partial charge < -0.3 is 10.6 Å². The highest BCUT2D eigenvalue weighted by Crippen LogP contribution is 2.26. The first-order valence-corrected chi connectivity index (χ1v) is 8.19. The Balaban J connectivity index is 1.81. The lowest BCUT2D eigenvalue weighted by Gasteiger charge is -2.39. The second-order valence-electron chi connectivity index (χ2n) is 5.57. The van der Waals surface area contributed by atoms with E-state index in [1.165, 1.54) is 0 Å². The number of thiophene rings is 1. The molecule has 112 valence electrons. The first kappa shape index (κ1) is 14.3. The van der Waals surface area contributed by atoms with Crippen molar-refractivity contribution < 1.29 is 4.79 Å². The lowest BCUT2D eigenvalue weighted by atomic mass is 9.90. The molecular formula is C15H20N4OS. The van der Waals surface area contributed by atoms with E-state index in [2.05, 4.69) is 17.1 Å². The number of carbonyl (C=O) groups excluding carboxylic acids is 1. The van der Waals surface area contributed by atoms with Gasteiger partial charge >= 0.3 is 0 Å². The molecule has 2 unspecified atom stereocenters. The van der Waals surface area contributed by atoms with Crippen LogP contribution >= 0.6 is 11.3 Å². The smallest absolute Gasteiger partial charge is 0.274 e. The summed E-state index contributed by atoms with van der Waals surface area (Å²) in [6.07, 6.45) is 2.16. The van der Waals surface area contributed by atoms with Gasteiger partial charge in [-0.15, -0.1) is 11.3 Å². The van der Waals surface area contributed by atoms with E-state index in [9.17, 15) is 4.79 Å². The summed E-state index contributed by atoms with van der Waals surface area (Å²) in [5.74, 6) is 0.430. The van der Waals surface area contributed by atoms with Gasteiger partial charge in [-0.1, -0.05) is 13.0 Å². The van der Waals surface area contributed by atoms with Crippen LogP contribution in [0.3, 0.4) is 0 Å². The molecule has 3 N–H and O–H groups in total. The molecule has 2 aromatic heterocycles. The minimum Gasteiger partial charge on any atom is -0.333 e. The Bertz CT molecular complexity index is 607. The number of aromatic amines is 1. The Morgan fingerprint density at radius 3 is 3.19 bits per heavy atom. The van der Waals surface area contributed by atoms with Gasteiger partial charge in [0.1, 0.15) is 0 Å². The van der Waals surface area contributed by atoms with Gasteiger partial charge in [-0.3, -0.25) is 9.89 Å². The fourth-order valence-electron chi connectivity index (χ4n) is 3.00. The minimum absolute atomic E-state index is 0.0175. The van der Waals surface area contributed by atoms with E-state index in [-0.39, 0.29) is 11.9 Å². The number of hydrogen-bond acceptors (Lipinski definition) is 4. The summed E-state index contributed by atoms with van der Waals surface area (Å²) in [6, 6.07) is 5.95. The number of amides is 1. The highest BCUT2D eigenvalue weighted by atomic mass is 32.1. The van der Waals surface area contributed by atoms with Crippen molar-refractivity contribution in [1.29, 1.82) is 0 Å². The molecule has 1 aliphatic heterocycles. The normalized spacial score (nSPS) is 22.5. The summed E-state index contributed by atoms with van der Waals surface area (Å²) >= 11 is 1.63. The molecule has 21 heavy (non-hydrogen) atoms. The molecule has 0 aromatic carbocycles. The van der Waals surface area contributed by atoms with Crippen molar-refractivity contribution in [2.75, 3.05) is 13.1 Å². The average Bonchev–Trinajstić information content (AvgIpc) is 3.16. The van der Waals surface area contributed by atoms with Crippen molar-refractivity contribution in [2.24, 2.45) is 11.7 Å². The predicted molar refractivity (Wildman–Crippen MR) is 84.2 cm³/mol. The van der Waals surface area contributed by atoms with E-state index in [0.29, 0.717) is 18.2 Å². The third kappa shape index (κ3) is 2.73. The summed E-state index contributed by atoms with van der Waals surface area (Å²) in [5.41, 5.74) is 7.23. The zero-order chi connectivity index (χ0) is 14.8. The fourth-order valence-corrected chi connectivity index (χ4v) is 3.69. The van der Waals surface area contributed by atoms with Crippen LogP contribution in [0.5, 0.6) is 0 Å². The fraction of sp³-hybridized carbons (Fsp3) is 0.467. The molecule has 1 aliphatic rings. The maximum Gasteiger partial charge on any atom is 0.274 e. The molecule has 1 amide bonds. The lowest BCUT2D eigenvalue weighted by Crippen LogP contribution is -2.51. The Hall–Kier alpha value is -1.66. The zero-order valence-electron chi connectivity index (χ0n) is 12.1. The average molecular weight is 304 g/mol. The third-order valence-corrected chi connectivity index (χ3v) is 5.10. The Morgan fingerprint density at radius 2 is 2.48 bits per heavy atom. The maximum atomic E-state index is 12.7. The number of nitrogens with zero attached hydrogens (tertiary/aromatic N) is 2. The number of hydrogen-bond donors (Lipinski definition) is 2. The monoisotopic (exact) mass is 304 g/mol. The van der Waals surface area contributed by atoms with Gasteiger partial charge in [0, 0.05) is 19.1 Å². The van der Waals surface area contributed by atoms with Gasteiger partial charge in [-0.2, -0.15) is 5.10 Å². The molecule has 3 rings (SSSR count). The number of likely N-dealkylation sites (tertiary alicyclic amines) is 1. The first-order valence-electron chi connectivity index (χ1n) is 7.31. The van der Waals surface area contributed by atoms with E-state index in [4.69, 9.17) is 5.73 Å². The van der Waals surface area contributed by atoms with Gasteiger partial charge in [0.15, 0.2) is 5.69 Å². The van der Waals surface area contributed by atoms with Crippen LogP contribution < -0.4 is 5.73 Å². The number of carbonyl (C=O) groups is 1. The molecule has 3 heterocycles. The number of nitrogens with one attached hydrogen (secondary N) is 1. The molecule has 1 fully saturated rings. The maximum absolute atomic E-state index is 12.7. The van der Waals surface area contributed by atoms with Crippen LogP contribution in [0.1, 0.15) is 30.3 Å². The molecule has 2 aromatic rings. The van der Waals surface area contributed by atoms with E-state index < -0.39 is 0 Å². The van der Waals surface area contributed by atoms with E-state index >= 15 is 0 Å². The van der Waals surface area contributed by atoms with Crippen LogP contribution in [-0.2, 0) is 0 Å². The Morgan fingerprint density at radius 1 is 1.62 bits per heavy atom. The molecule has 0 aliphatic carbocycles. The Labute approximate surface area is 128 Å². The molecule has 2 atom stereocenters. The lowest BCUT2D eigenvalue weighted by molar-refractivity contribution is 0.0526. The highest BCUT2D eigenvalue weighted by molar-refractivity contribution is 7.13. The Kier molecular flexibility index (Phi) is 4.07. The number of aromatic nitrogens is 2. The van der Waals surface area contributed by atoms with E-state index in [1.807, 2.05) is 28.5 Å². The molecule has 0 saturated carbocycles. The van der Waals surface area contributed by atoms with Crippen LogP contribution in [0.4, 0.5) is 0 Å². The number of rotatable bonds is 3. The third-order valence-electron chi connectivity index (χ3n) is 4.20. The van der Waals surface area contributed by atoms with Crippen LogP contribution in [0.2, 0.25) is 0 Å². The second kappa shape index (κ2) is 5.99. The molecule has 0 radical (unpaired) electrons. The zero-order valence-corrected chi connectivity index (χ0v) is 12.9. The quantitative estimate of drug-likeness (QED) is 0.914. The van der Waals surface area contributed by atoms with Crippen molar-refractivity contribution in [2.45, 2.75) is 25.8 Å². The topological polar surface area (TPSA) is 75.0 Å². The molecule has 6 heteroatoms. The van der Waals surface area contributed by atoms with Gasteiger partial charge in [-0.05, 0) is 36.3 Å². The summed E-state index contributed by atoms with van der Waals surface area (Å²) in [5, 5.41) is 9.15. The van der Waals surface area contributed by atoms with Crippen molar-refractivity contribution in [3.8, 4) is 10.6 Å². The van der Waals surface area contributed by atoms with Crippen molar-refractivity contribution in [3.05, 3.63) is 29.3 Å². The van der Waals surface area contributed by atoms with Crippen LogP contribution in [-0.4, -0.2) is 40.1 Å². The standard InChI is InChI=1S/C15H20N4OS/c1-10-4-2-6-19(13(10)9-16)15(20)12-8-11(17-18-12)14-5-3-7-21-14/h3,5,7-8,10,13H,2,4,6,9,16H2,1H3,(H,17,18). The number of H-pyrrole nitrogens is 1. The van der Waals surface area contributed by atoms with Crippen molar-refractivity contribution in [3.63, 3.8) is 0 Å². The second-order valence-corrected chi connectivity index (χ2v) is 6.51. The highest BCUT2D eigenvalue weighted by Gasteiger charge is 2.32. The van der Waals surface area contributed by atoms with Gasteiger partial charge in [0.2, 0.25) is 0 Å². The molecular weight excluding hydrogens is 284 g/mol. The van der Waals surface area contributed by atoms with Gasteiger partial charge in [0.25, 0.3) is 5.91 Å². The molecule has 0 bridgehead atoms. The molecule has 0 spiro atoms. The summed E-state index contributed by atoms with van der Waals surface area (Å²) in [7, 11) is 0. The van der Waals surface area contributed by atoms with Crippen molar-refractivity contribution in [1.82, 2.24) is 15.1 Å². The van der Waals surface area contributed by atoms with Crippen LogP contribution in [0.15, 0.2) is 23.6 Å². The van der Waals surface area contributed by atoms with Gasteiger partial charge in [-0.25, -0.2) is 0 Å². The van der Waals surface area contributed by atoms with Crippen LogP contribution in [0.25, 0.3) is 10.6 Å². The summed E-state index contributed by atoms with van der Waals surface area (Å²) < 4.78 is 0. The predicted octanol–water partition coefficient (Wildman–Crippen LogP) is 2.34. The minimum atomic E-state index is -0.0175. The largest absolute Gasteiger partial charge is 0.333 e. The SMILES string of the molecule is CC1CCCN(C(=O)c2cc(-c3cccs3)[nH]n2)C1CN. The van der Waals surface area contributed by atoms with E-state index in [0.717, 1.165) is 30.0 Å². The number of nitrogens with two attached hydrogens (primary N) is 1. The van der Waals surface area contributed by atoms with Crippen molar-refractivity contribution >= 4 is 17.2 Å². The number of piperidine rings is 1. The summed E-state index contributed by atoms with van der Waals surface area (Å²) in [4.78, 5) is 15.7.